The average molecular weight is 588 g/mol. The molecule has 1 unspecified atom stereocenters. The van der Waals surface area contributed by atoms with Gasteiger partial charge in [-0.3, -0.25) is 14.2 Å². The summed E-state index contributed by atoms with van der Waals surface area (Å²) in [6, 6.07) is 16.5. The van der Waals surface area contributed by atoms with Crippen LogP contribution in [0.15, 0.2) is 63.9 Å². The van der Waals surface area contributed by atoms with Gasteiger partial charge >= 0.3 is 6.09 Å². The van der Waals surface area contributed by atoms with Crippen LogP contribution in [0.5, 0.6) is 0 Å². The molecule has 0 fully saturated rings. The van der Waals surface area contributed by atoms with Gasteiger partial charge in [-0.1, -0.05) is 61.5 Å². The van der Waals surface area contributed by atoms with E-state index in [0.29, 0.717) is 35.3 Å². The predicted molar refractivity (Wildman–Crippen MR) is 165 cm³/mol. The number of carbonyl (C=O) groups excluding carboxylic acids is 1. The number of rotatable bonds is 11. The summed E-state index contributed by atoms with van der Waals surface area (Å²) in [5.41, 5.74) is 2.22. The van der Waals surface area contributed by atoms with Gasteiger partial charge in [-0.15, -0.1) is 0 Å². The van der Waals surface area contributed by atoms with E-state index < -0.39 is 17.7 Å². The van der Waals surface area contributed by atoms with Crippen LogP contribution in [-0.4, -0.2) is 60.2 Å². The first kappa shape index (κ1) is 31.5. The smallest absolute Gasteiger partial charge is 0.407 e. The average Bonchev–Trinajstić information content (AvgIpc) is 3.36. The molecule has 2 aromatic heterocycles. The summed E-state index contributed by atoms with van der Waals surface area (Å²) in [4.78, 5) is 48.0. The molecule has 43 heavy (non-hydrogen) atoms. The Balaban J connectivity index is 1.81. The number of aromatic nitrogens is 3. The molecule has 0 saturated heterocycles. The molecule has 1 N–H and O–H groups in total. The van der Waals surface area contributed by atoms with Gasteiger partial charge in [-0.05, 0) is 70.2 Å². The van der Waals surface area contributed by atoms with Crippen LogP contribution in [0.2, 0.25) is 0 Å². The van der Waals surface area contributed by atoms with E-state index in [2.05, 4.69) is 12.1 Å². The molecule has 2 amide bonds. The highest BCUT2D eigenvalue weighted by Gasteiger charge is 2.32. The van der Waals surface area contributed by atoms with Gasteiger partial charge in [-0.25, -0.2) is 4.79 Å². The Morgan fingerprint density at radius 1 is 1.00 bits per heavy atom. The van der Waals surface area contributed by atoms with Crippen LogP contribution in [0.3, 0.4) is 0 Å². The molecule has 1 atom stereocenters. The Bertz CT molecular complexity index is 1620. The molecule has 4 rings (SSSR count). The third-order valence-corrected chi connectivity index (χ3v) is 7.73. The highest BCUT2D eigenvalue weighted by atomic mass is 16.5. The Labute approximate surface area is 251 Å². The highest BCUT2D eigenvalue weighted by Crippen LogP contribution is 2.28. The van der Waals surface area contributed by atoms with Crippen molar-refractivity contribution in [1.29, 1.82) is 0 Å². The first-order chi connectivity index (χ1) is 20.5. The van der Waals surface area contributed by atoms with Crippen molar-refractivity contribution in [2.45, 2.75) is 78.9 Å². The van der Waals surface area contributed by atoms with E-state index in [-0.39, 0.29) is 36.8 Å². The summed E-state index contributed by atoms with van der Waals surface area (Å²) < 4.78 is 7.05. The molecule has 0 spiro atoms. The van der Waals surface area contributed by atoms with Crippen LogP contribution in [-0.2, 0) is 13.0 Å². The van der Waals surface area contributed by atoms with E-state index in [1.54, 1.807) is 16.4 Å². The summed E-state index contributed by atoms with van der Waals surface area (Å²) in [6.07, 6.45) is 0.684. The fourth-order valence-electron chi connectivity index (χ4n) is 5.36. The molecular formula is C33H41N5O5. The topological polar surface area (TPSA) is 122 Å². The molecule has 0 aliphatic carbocycles. The minimum Gasteiger partial charge on any atom is -0.465 e. The van der Waals surface area contributed by atoms with Crippen molar-refractivity contribution in [2.24, 2.45) is 0 Å². The number of benzene rings is 2. The van der Waals surface area contributed by atoms with E-state index in [0.717, 1.165) is 17.5 Å². The second-order valence-electron chi connectivity index (χ2n) is 11.7. The van der Waals surface area contributed by atoms with Crippen molar-refractivity contribution in [3.05, 3.63) is 93.2 Å². The van der Waals surface area contributed by atoms with Crippen LogP contribution in [0, 0.1) is 6.92 Å². The van der Waals surface area contributed by atoms with E-state index in [9.17, 15) is 19.5 Å². The van der Waals surface area contributed by atoms with Gasteiger partial charge in [0.15, 0.2) is 0 Å². The van der Waals surface area contributed by atoms with E-state index in [1.807, 2.05) is 82.3 Å². The maximum atomic E-state index is 14.2. The zero-order chi connectivity index (χ0) is 31.3. The minimum absolute atomic E-state index is 0.129. The molecule has 0 bridgehead atoms. The number of fused-ring (bicyclic) bond motifs is 1. The molecule has 2 aromatic carbocycles. The van der Waals surface area contributed by atoms with E-state index in [4.69, 9.17) is 9.51 Å². The fourth-order valence-corrected chi connectivity index (χ4v) is 5.36. The summed E-state index contributed by atoms with van der Waals surface area (Å²) in [7, 11) is 0. The van der Waals surface area contributed by atoms with Gasteiger partial charge < -0.3 is 19.4 Å². The van der Waals surface area contributed by atoms with Crippen molar-refractivity contribution in [3.8, 4) is 0 Å². The molecule has 2 heterocycles. The van der Waals surface area contributed by atoms with Crippen molar-refractivity contribution in [2.75, 3.05) is 13.1 Å². The lowest BCUT2D eigenvalue weighted by Crippen LogP contribution is -2.46. The Morgan fingerprint density at radius 2 is 1.67 bits per heavy atom. The normalized spacial score (nSPS) is 12.3. The molecule has 0 saturated carbocycles. The van der Waals surface area contributed by atoms with E-state index >= 15 is 0 Å². The summed E-state index contributed by atoms with van der Waals surface area (Å²) >= 11 is 0. The summed E-state index contributed by atoms with van der Waals surface area (Å²) in [6.45, 7) is 12.0. The Kier molecular flexibility index (Phi) is 9.68. The predicted octanol–water partition coefficient (Wildman–Crippen LogP) is 6.07. The third-order valence-electron chi connectivity index (χ3n) is 7.73. The minimum atomic E-state index is -1.02. The molecular weight excluding hydrogens is 546 g/mol. The maximum Gasteiger partial charge on any atom is 0.407 e. The monoisotopic (exact) mass is 587 g/mol. The van der Waals surface area contributed by atoms with Crippen LogP contribution in [0.25, 0.3) is 11.1 Å². The number of amides is 2. The first-order valence-electron chi connectivity index (χ1n) is 14.8. The highest BCUT2D eigenvalue weighted by molar-refractivity contribution is 5.94. The molecule has 0 aliphatic rings. The lowest BCUT2D eigenvalue weighted by Gasteiger charge is -2.35. The zero-order valence-corrected chi connectivity index (χ0v) is 25.8. The second-order valence-corrected chi connectivity index (χ2v) is 11.7. The largest absolute Gasteiger partial charge is 0.465 e. The van der Waals surface area contributed by atoms with Gasteiger partial charge in [0.25, 0.3) is 17.2 Å². The lowest BCUT2D eigenvalue weighted by atomic mass is 10.0. The Morgan fingerprint density at radius 3 is 2.26 bits per heavy atom. The summed E-state index contributed by atoms with van der Waals surface area (Å²) in [5.74, 6) is 0.172. The molecule has 0 radical (unpaired) electrons. The molecule has 228 valence electrons. The molecule has 4 aromatic rings. The van der Waals surface area contributed by atoms with Crippen molar-refractivity contribution in [1.82, 2.24) is 24.5 Å². The van der Waals surface area contributed by atoms with Gasteiger partial charge in [0.1, 0.15) is 11.2 Å². The van der Waals surface area contributed by atoms with Gasteiger partial charge in [0.2, 0.25) is 0 Å². The number of nitrogens with zero attached hydrogens (tertiary/aromatic N) is 5. The Hall–Kier alpha value is -4.47. The summed E-state index contributed by atoms with van der Waals surface area (Å²) in [5, 5.41) is 14.1. The zero-order valence-electron chi connectivity index (χ0n) is 25.8. The van der Waals surface area contributed by atoms with Crippen LogP contribution < -0.4 is 5.56 Å². The van der Waals surface area contributed by atoms with Crippen molar-refractivity contribution in [3.63, 3.8) is 0 Å². The van der Waals surface area contributed by atoms with Crippen LogP contribution >= 0.6 is 0 Å². The van der Waals surface area contributed by atoms with Gasteiger partial charge in [0.05, 0.1) is 18.3 Å². The SMILES string of the molecule is CCc1ccc(C(=O)N(CCCN(C(=O)O)C(C)(C)C)C(CC)c2nc3onc(C)c3c(=O)n2Cc2ccccc2)cc1. The number of hydrogen-bond acceptors (Lipinski definition) is 6. The number of aryl methyl sites for hydroxylation is 2. The van der Waals surface area contributed by atoms with Crippen molar-refractivity contribution < 1.29 is 19.2 Å². The van der Waals surface area contributed by atoms with Crippen molar-refractivity contribution >= 4 is 23.1 Å². The standard InChI is InChI=1S/C33H41N5O5/c1-7-23-15-17-25(18-16-23)30(39)36(19-12-20-38(32(41)42)33(4,5)6)26(8-2)28-34-29-27(22(3)35-43-29)31(40)37(28)21-24-13-10-9-11-14-24/h9-11,13-18,26H,7-8,12,19-21H2,1-6H3,(H,41,42). The number of hydrogen-bond donors (Lipinski definition) is 1. The maximum absolute atomic E-state index is 14.2. The van der Waals surface area contributed by atoms with Gasteiger partial charge in [0, 0.05) is 24.2 Å². The van der Waals surface area contributed by atoms with Crippen LogP contribution in [0.1, 0.15) is 86.5 Å². The fraction of sp³-hybridized carbons (Fsp3) is 0.424. The van der Waals surface area contributed by atoms with E-state index in [1.165, 1.54) is 4.90 Å². The molecule has 10 nitrogen and oxygen atoms in total. The lowest BCUT2D eigenvalue weighted by molar-refractivity contribution is 0.0628. The van der Waals surface area contributed by atoms with Gasteiger partial charge in [-0.2, -0.15) is 4.98 Å². The number of carboxylic acid groups (broad SMARTS) is 1. The third kappa shape index (κ3) is 6.96. The molecule has 10 heteroatoms. The quantitative estimate of drug-likeness (QED) is 0.226. The first-order valence-corrected chi connectivity index (χ1v) is 14.8. The second kappa shape index (κ2) is 13.2. The number of carbonyl (C=O) groups is 2. The van der Waals surface area contributed by atoms with Crippen LogP contribution in [0.4, 0.5) is 4.79 Å². The molecule has 0 aliphatic heterocycles.